The van der Waals surface area contributed by atoms with Crippen LogP contribution in [-0.2, 0) is 7.05 Å². The SMILES string of the molecule is Cc1c(C(=O)C(F)(F)C(F)(F)F)c2ccccc2n1C. The van der Waals surface area contributed by atoms with Crippen molar-refractivity contribution in [3.8, 4) is 0 Å². The number of aryl methyl sites for hydroxylation is 1. The normalized spacial score (nSPS) is 12.9. The molecule has 0 aliphatic heterocycles. The van der Waals surface area contributed by atoms with Crippen LogP contribution in [0.5, 0.6) is 0 Å². The van der Waals surface area contributed by atoms with Crippen LogP contribution < -0.4 is 0 Å². The summed E-state index contributed by atoms with van der Waals surface area (Å²) in [6.45, 7) is 1.33. The lowest BCUT2D eigenvalue weighted by atomic mass is 10.0. The van der Waals surface area contributed by atoms with Gasteiger partial charge < -0.3 is 4.57 Å². The molecule has 0 radical (unpaired) electrons. The Morgan fingerprint density at radius 1 is 1.10 bits per heavy atom. The molecule has 0 fully saturated rings. The number of Topliss-reactive ketones (excluding diaryl/α,β-unsaturated/α-hetero) is 1. The number of carbonyl (C=O) groups excluding carboxylic acids is 1. The minimum absolute atomic E-state index is 0.0696. The molecule has 0 aliphatic carbocycles. The van der Waals surface area contributed by atoms with Crippen LogP contribution >= 0.6 is 0 Å². The highest BCUT2D eigenvalue weighted by Gasteiger charge is 2.63. The summed E-state index contributed by atoms with van der Waals surface area (Å²) in [5.41, 5.74) is -0.100. The van der Waals surface area contributed by atoms with Gasteiger partial charge in [-0.1, -0.05) is 18.2 Å². The maximum Gasteiger partial charge on any atom is 0.461 e. The Morgan fingerprint density at radius 2 is 1.65 bits per heavy atom. The molecule has 7 heteroatoms. The molecule has 0 saturated heterocycles. The Balaban J connectivity index is 2.71. The zero-order valence-electron chi connectivity index (χ0n) is 10.6. The highest BCUT2D eigenvalue weighted by Crippen LogP contribution is 2.40. The molecule has 1 aromatic carbocycles. The minimum Gasteiger partial charge on any atom is -0.347 e. The second-order valence-corrected chi connectivity index (χ2v) is 4.44. The molecule has 0 saturated carbocycles. The van der Waals surface area contributed by atoms with Crippen LogP contribution in [0.3, 0.4) is 0 Å². The number of aromatic nitrogens is 1. The average Bonchev–Trinajstić information content (AvgIpc) is 2.60. The van der Waals surface area contributed by atoms with Gasteiger partial charge in [-0.25, -0.2) is 0 Å². The number of nitrogens with zero attached hydrogens (tertiary/aromatic N) is 1. The first-order valence-electron chi connectivity index (χ1n) is 5.62. The molecular weight excluding hydrogens is 281 g/mol. The van der Waals surface area contributed by atoms with Crippen molar-refractivity contribution in [3.05, 3.63) is 35.5 Å². The number of alkyl halides is 5. The number of rotatable bonds is 2. The molecular formula is C13H10F5NO. The van der Waals surface area contributed by atoms with E-state index >= 15 is 0 Å². The first-order valence-corrected chi connectivity index (χ1v) is 5.62. The van der Waals surface area contributed by atoms with Gasteiger partial charge in [0.05, 0.1) is 5.56 Å². The van der Waals surface area contributed by atoms with Crippen molar-refractivity contribution in [2.45, 2.75) is 19.0 Å². The zero-order valence-corrected chi connectivity index (χ0v) is 10.6. The monoisotopic (exact) mass is 291 g/mol. The molecule has 0 amide bonds. The van der Waals surface area contributed by atoms with Crippen LogP contribution in [0, 0.1) is 6.92 Å². The molecule has 0 bridgehead atoms. The Kier molecular flexibility index (Phi) is 3.11. The van der Waals surface area contributed by atoms with Crippen molar-refractivity contribution >= 4 is 16.7 Å². The number of hydrogen-bond donors (Lipinski definition) is 0. The second-order valence-electron chi connectivity index (χ2n) is 4.44. The van der Waals surface area contributed by atoms with Crippen LogP contribution in [0.4, 0.5) is 22.0 Å². The molecule has 0 atom stereocenters. The van der Waals surface area contributed by atoms with E-state index < -0.39 is 23.4 Å². The summed E-state index contributed by atoms with van der Waals surface area (Å²) in [7, 11) is 1.50. The number of benzene rings is 1. The first kappa shape index (κ1) is 14.5. The molecule has 0 aliphatic rings. The summed E-state index contributed by atoms with van der Waals surface area (Å²) < 4.78 is 64.9. The Hall–Kier alpha value is -1.92. The van der Waals surface area contributed by atoms with Gasteiger partial charge in [0.25, 0.3) is 0 Å². The average molecular weight is 291 g/mol. The number of fused-ring (bicyclic) bond motifs is 1. The van der Waals surface area contributed by atoms with E-state index in [0.717, 1.165) is 0 Å². The summed E-state index contributed by atoms with van der Waals surface area (Å²) in [5.74, 6) is -7.62. The molecule has 2 rings (SSSR count). The fourth-order valence-electron chi connectivity index (χ4n) is 2.09. The lowest BCUT2D eigenvalue weighted by molar-refractivity contribution is -0.255. The van der Waals surface area contributed by atoms with Crippen molar-refractivity contribution in [2.24, 2.45) is 7.05 Å². The fraction of sp³-hybridized carbons (Fsp3) is 0.308. The van der Waals surface area contributed by atoms with Crippen LogP contribution in [0.1, 0.15) is 16.1 Å². The van der Waals surface area contributed by atoms with Gasteiger partial charge in [-0.2, -0.15) is 22.0 Å². The molecule has 2 aromatic rings. The fourth-order valence-corrected chi connectivity index (χ4v) is 2.09. The van der Waals surface area contributed by atoms with Crippen LogP contribution in [0.25, 0.3) is 10.9 Å². The first-order chi connectivity index (χ1) is 9.09. The number of ketones is 1. The molecule has 108 valence electrons. The van der Waals surface area contributed by atoms with E-state index in [0.29, 0.717) is 5.52 Å². The van der Waals surface area contributed by atoms with Crippen molar-refractivity contribution < 1.29 is 26.7 Å². The summed E-state index contributed by atoms with van der Waals surface area (Å²) in [5, 5.41) is 0.0847. The zero-order chi connectivity index (χ0) is 15.3. The van der Waals surface area contributed by atoms with E-state index in [1.54, 1.807) is 12.1 Å². The molecule has 0 N–H and O–H groups in total. The summed E-state index contributed by atoms with van der Waals surface area (Å²) >= 11 is 0. The standard InChI is InChI=1S/C13H10F5NO/c1-7-10(11(20)12(14,15)13(16,17)18)8-5-3-4-6-9(8)19(7)2/h3-6H,1-2H3. The van der Waals surface area contributed by atoms with Gasteiger partial charge in [0, 0.05) is 23.6 Å². The lowest BCUT2D eigenvalue weighted by Gasteiger charge is -2.18. The van der Waals surface area contributed by atoms with Gasteiger partial charge in [-0.05, 0) is 13.0 Å². The Bertz CT molecular complexity index is 684. The van der Waals surface area contributed by atoms with Gasteiger partial charge in [0.1, 0.15) is 0 Å². The Morgan fingerprint density at radius 3 is 2.20 bits per heavy atom. The highest BCUT2D eigenvalue weighted by atomic mass is 19.4. The van der Waals surface area contributed by atoms with Gasteiger partial charge >= 0.3 is 12.1 Å². The largest absolute Gasteiger partial charge is 0.461 e. The van der Waals surface area contributed by atoms with E-state index in [9.17, 15) is 26.7 Å². The molecule has 2 nitrogen and oxygen atoms in total. The topological polar surface area (TPSA) is 22.0 Å². The van der Waals surface area contributed by atoms with Crippen molar-refractivity contribution in [1.82, 2.24) is 4.57 Å². The number of para-hydroxylation sites is 1. The van der Waals surface area contributed by atoms with Gasteiger partial charge in [0.15, 0.2) is 0 Å². The Labute approximate surface area is 110 Å². The summed E-state index contributed by atoms with van der Waals surface area (Å²) in [6, 6.07) is 5.98. The van der Waals surface area contributed by atoms with Crippen LogP contribution in [0.15, 0.2) is 24.3 Å². The number of halogens is 5. The van der Waals surface area contributed by atoms with E-state index in [4.69, 9.17) is 0 Å². The molecule has 20 heavy (non-hydrogen) atoms. The van der Waals surface area contributed by atoms with Crippen molar-refractivity contribution in [1.29, 1.82) is 0 Å². The summed E-state index contributed by atoms with van der Waals surface area (Å²) in [6.07, 6.45) is -5.91. The van der Waals surface area contributed by atoms with Crippen molar-refractivity contribution in [3.63, 3.8) is 0 Å². The third-order valence-electron chi connectivity index (χ3n) is 3.27. The third kappa shape index (κ3) is 1.88. The number of carbonyl (C=O) groups is 1. The van der Waals surface area contributed by atoms with E-state index in [2.05, 4.69) is 0 Å². The van der Waals surface area contributed by atoms with E-state index in [1.165, 1.54) is 30.7 Å². The predicted molar refractivity (Wildman–Crippen MR) is 63.0 cm³/mol. The highest BCUT2D eigenvalue weighted by molar-refractivity contribution is 6.12. The minimum atomic E-state index is -5.91. The predicted octanol–water partition coefficient (Wildman–Crippen LogP) is 3.87. The van der Waals surface area contributed by atoms with Gasteiger partial charge in [-0.15, -0.1) is 0 Å². The third-order valence-corrected chi connectivity index (χ3v) is 3.27. The molecule has 1 heterocycles. The molecule has 1 aromatic heterocycles. The van der Waals surface area contributed by atoms with Crippen LogP contribution in [0.2, 0.25) is 0 Å². The lowest BCUT2D eigenvalue weighted by Crippen LogP contribution is -2.44. The summed E-state index contributed by atoms with van der Waals surface area (Å²) in [4.78, 5) is 11.7. The number of hydrogen-bond acceptors (Lipinski definition) is 1. The molecule has 0 spiro atoms. The van der Waals surface area contributed by atoms with Gasteiger partial charge in [-0.3, -0.25) is 4.79 Å². The van der Waals surface area contributed by atoms with Crippen LogP contribution in [-0.4, -0.2) is 22.4 Å². The van der Waals surface area contributed by atoms with Gasteiger partial charge in [0.2, 0.25) is 5.78 Å². The van der Waals surface area contributed by atoms with Crippen molar-refractivity contribution in [2.75, 3.05) is 0 Å². The molecule has 0 unspecified atom stereocenters. The van der Waals surface area contributed by atoms with E-state index in [1.807, 2.05) is 0 Å². The smallest absolute Gasteiger partial charge is 0.347 e. The maximum atomic E-state index is 13.2. The second kappa shape index (κ2) is 4.29. The maximum absolute atomic E-state index is 13.2. The quantitative estimate of drug-likeness (QED) is 0.608. The van der Waals surface area contributed by atoms with E-state index in [-0.39, 0.29) is 11.1 Å².